The van der Waals surface area contributed by atoms with Gasteiger partial charge in [0.2, 0.25) is 5.91 Å². The van der Waals surface area contributed by atoms with Gasteiger partial charge in [0.05, 0.1) is 12.3 Å². The van der Waals surface area contributed by atoms with Crippen LogP contribution in [0.4, 0.5) is 11.4 Å². The molecule has 0 fully saturated rings. The van der Waals surface area contributed by atoms with Crippen molar-refractivity contribution < 1.29 is 19.1 Å². The number of hydrogen-bond acceptors (Lipinski definition) is 4. The summed E-state index contributed by atoms with van der Waals surface area (Å²) in [6.07, 6.45) is 0.651. The number of benzene rings is 2. The number of fused-ring (bicyclic) bond motifs is 1. The second-order valence-electron chi connectivity index (χ2n) is 5.85. The van der Waals surface area contributed by atoms with Crippen LogP contribution in [0.5, 0.6) is 11.5 Å². The Kier molecular flexibility index (Phi) is 5.63. The molecule has 0 spiro atoms. The van der Waals surface area contributed by atoms with E-state index in [1.54, 1.807) is 47.4 Å². The van der Waals surface area contributed by atoms with Gasteiger partial charge in [0.15, 0.2) is 6.61 Å². The van der Waals surface area contributed by atoms with Crippen molar-refractivity contribution in [3.8, 4) is 11.5 Å². The van der Waals surface area contributed by atoms with Crippen molar-refractivity contribution in [1.82, 2.24) is 0 Å². The lowest BCUT2D eigenvalue weighted by atomic mass is 10.2. The Hall–Kier alpha value is -2.73. The molecule has 0 unspecified atom stereocenters. The van der Waals surface area contributed by atoms with Gasteiger partial charge < -0.3 is 19.7 Å². The van der Waals surface area contributed by atoms with Gasteiger partial charge in [0.25, 0.3) is 5.91 Å². The fourth-order valence-corrected chi connectivity index (χ4v) is 2.80. The third kappa shape index (κ3) is 4.46. The first kappa shape index (κ1) is 18.1. The average Bonchev–Trinajstić information content (AvgIpc) is 2.61. The van der Waals surface area contributed by atoms with Crippen molar-refractivity contribution in [3.05, 3.63) is 47.5 Å². The molecule has 0 radical (unpaired) electrons. The molecule has 6 nitrogen and oxygen atoms in total. The maximum atomic E-state index is 12.3. The number of hydrogen-bond donors (Lipinski definition) is 1. The van der Waals surface area contributed by atoms with E-state index < -0.39 is 0 Å². The molecule has 1 N–H and O–H groups in total. The molecule has 3 rings (SSSR count). The summed E-state index contributed by atoms with van der Waals surface area (Å²) in [5.74, 6) is 1.06. The van der Waals surface area contributed by atoms with Crippen LogP contribution in [-0.4, -0.2) is 31.6 Å². The van der Waals surface area contributed by atoms with Gasteiger partial charge in [0.1, 0.15) is 11.5 Å². The average molecular weight is 375 g/mol. The highest BCUT2D eigenvalue weighted by atomic mass is 35.5. The zero-order valence-electron chi connectivity index (χ0n) is 14.3. The van der Waals surface area contributed by atoms with Gasteiger partial charge in [-0.2, -0.15) is 0 Å². The number of anilines is 2. The van der Waals surface area contributed by atoms with Crippen molar-refractivity contribution in [2.45, 2.75) is 13.3 Å². The van der Waals surface area contributed by atoms with Crippen LogP contribution in [0.2, 0.25) is 5.02 Å². The molecule has 2 amide bonds. The molecule has 0 bridgehead atoms. The minimum absolute atomic E-state index is 0.00449. The summed E-state index contributed by atoms with van der Waals surface area (Å²) in [6.45, 7) is 2.40. The predicted octanol–water partition coefficient (Wildman–Crippen LogP) is 3.49. The molecule has 1 aliphatic heterocycles. The van der Waals surface area contributed by atoms with E-state index in [0.717, 1.165) is 5.75 Å². The van der Waals surface area contributed by atoms with Gasteiger partial charge in [-0.3, -0.25) is 9.59 Å². The molecule has 0 atom stereocenters. The first-order valence-corrected chi connectivity index (χ1v) is 8.64. The lowest BCUT2D eigenvalue weighted by Crippen LogP contribution is -2.39. The van der Waals surface area contributed by atoms with E-state index in [4.69, 9.17) is 21.1 Å². The SMILES string of the molecule is CC(=O)Nc1ccc2c(c1)N(CCCOc1ccc(Cl)cc1)C(=O)CO2. The Labute approximate surface area is 156 Å². The Morgan fingerprint density at radius 2 is 2.04 bits per heavy atom. The van der Waals surface area contributed by atoms with E-state index >= 15 is 0 Å². The van der Waals surface area contributed by atoms with Crippen LogP contribution in [0.3, 0.4) is 0 Å². The number of nitrogens with zero attached hydrogens (tertiary/aromatic N) is 1. The summed E-state index contributed by atoms with van der Waals surface area (Å²) in [7, 11) is 0. The van der Waals surface area contributed by atoms with Gasteiger partial charge >= 0.3 is 0 Å². The zero-order chi connectivity index (χ0) is 18.5. The first-order valence-electron chi connectivity index (χ1n) is 8.26. The zero-order valence-corrected chi connectivity index (χ0v) is 15.1. The number of rotatable bonds is 6. The molecule has 0 aliphatic carbocycles. The van der Waals surface area contributed by atoms with Crippen molar-refractivity contribution in [1.29, 1.82) is 0 Å². The predicted molar refractivity (Wildman–Crippen MR) is 100 cm³/mol. The van der Waals surface area contributed by atoms with E-state index in [1.807, 2.05) is 0 Å². The summed E-state index contributed by atoms with van der Waals surface area (Å²) in [4.78, 5) is 25.2. The molecule has 0 aromatic heterocycles. The Balaban J connectivity index is 1.63. The minimum atomic E-state index is -0.170. The monoisotopic (exact) mass is 374 g/mol. The fourth-order valence-electron chi connectivity index (χ4n) is 2.67. The molecule has 26 heavy (non-hydrogen) atoms. The quantitative estimate of drug-likeness (QED) is 0.786. The minimum Gasteiger partial charge on any atom is -0.494 e. The highest BCUT2D eigenvalue weighted by Gasteiger charge is 2.25. The third-order valence-corrected chi connectivity index (χ3v) is 4.08. The topological polar surface area (TPSA) is 67.9 Å². The van der Waals surface area contributed by atoms with Crippen LogP contribution < -0.4 is 19.7 Å². The van der Waals surface area contributed by atoms with Crippen LogP contribution in [0.15, 0.2) is 42.5 Å². The molecule has 2 aromatic rings. The maximum absolute atomic E-state index is 12.3. The third-order valence-electron chi connectivity index (χ3n) is 3.83. The second-order valence-corrected chi connectivity index (χ2v) is 6.29. The Morgan fingerprint density at radius 3 is 2.77 bits per heavy atom. The smallest absolute Gasteiger partial charge is 0.265 e. The standard InChI is InChI=1S/C19H19ClN2O4/c1-13(23)21-15-5-8-18-17(11-15)22(19(24)12-26-18)9-2-10-25-16-6-3-14(20)4-7-16/h3-8,11H,2,9-10,12H2,1H3,(H,21,23). The molecule has 7 heteroatoms. The van der Waals surface area contributed by atoms with E-state index in [2.05, 4.69) is 5.32 Å². The highest BCUT2D eigenvalue weighted by Crippen LogP contribution is 2.34. The van der Waals surface area contributed by atoms with Crippen LogP contribution in [-0.2, 0) is 9.59 Å². The molecule has 0 saturated carbocycles. The normalized spacial score (nSPS) is 13.0. The van der Waals surface area contributed by atoms with Gasteiger partial charge in [0, 0.05) is 24.2 Å². The lowest BCUT2D eigenvalue weighted by molar-refractivity contribution is -0.121. The van der Waals surface area contributed by atoms with Crippen LogP contribution >= 0.6 is 11.6 Å². The molecule has 136 valence electrons. The number of carbonyl (C=O) groups excluding carboxylic acids is 2. The van der Waals surface area contributed by atoms with Crippen LogP contribution in [0.1, 0.15) is 13.3 Å². The summed E-state index contributed by atoms with van der Waals surface area (Å²) in [5, 5.41) is 3.37. The van der Waals surface area contributed by atoms with Crippen LogP contribution in [0.25, 0.3) is 0 Å². The number of nitrogens with one attached hydrogen (secondary N) is 1. The van der Waals surface area contributed by atoms with Gasteiger partial charge in [-0.25, -0.2) is 0 Å². The van der Waals surface area contributed by atoms with E-state index in [1.165, 1.54) is 6.92 Å². The van der Waals surface area contributed by atoms with Crippen molar-refractivity contribution in [2.75, 3.05) is 30.0 Å². The van der Waals surface area contributed by atoms with Crippen molar-refractivity contribution in [2.24, 2.45) is 0 Å². The summed E-state index contributed by atoms with van der Waals surface area (Å²) >= 11 is 5.84. The largest absolute Gasteiger partial charge is 0.494 e. The number of amides is 2. The molecule has 2 aromatic carbocycles. The summed E-state index contributed by atoms with van der Waals surface area (Å²) in [5.41, 5.74) is 1.27. The molecule has 1 aliphatic rings. The fraction of sp³-hybridized carbons (Fsp3) is 0.263. The number of carbonyl (C=O) groups is 2. The molecular formula is C19H19ClN2O4. The van der Waals surface area contributed by atoms with Crippen molar-refractivity contribution in [3.63, 3.8) is 0 Å². The first-order chi connectivity index (χ1) is 12.5. The lowest BCUT2D eigenvalue weighted by Gasteiger charge is -2.29. The van der Waals surface area contributed by atoms with Gasteiger partial charge in [-0.05, 0) is 48.9 Å². The number of ether oxygens (including phenoxy) is 2. The molecule has 0 saturated heterocycles. The second kappa shape index (κ2) is 8.10. The van der Waals surface area contributed by atoms with E-state index in [0.29, 0.717) is 41.7 Å². The summed E-state index contributed by atoms with van der Waals surface area (Å²) < 4.78 is 11.1. The number of halogens is 1. The summed E-state index contributed by atoms with van der Waals surface area (Å²) in [6, 6.07) is 12.4. The molecular weight excluding hydrogens is 356 g/mol. The Morgan fingerprint density at radius 1 is 1.27 bits per heavy atom. The molecule has 1 heterocycles. The van der Waals surface area contributed by atoms with Crippen molar-refractivity contribution >= 4 is 34.8 Å². The Bertz CT molecular complexity index is 808. The maximum Gasteiger partial charge on any atom is 0.265 e. The van der Waals surface area contributed by atoms with Gasteiger partial charge in [-0.15, -0.1) is 0 Å². The van der Waals surface area contributed by atoms with E-state index in [-0.39, 0.29) is 18.4 Å². The van der Waals surface area contributed by atoms with E-state index in [9.17, 15) is 9.59 Å². The van der Waals surface area contributed by atoms with Crippen LogP contribution in [0, 0.1) is 0 Å². The highest BCUT2D eigenvalue weighted by molar-refractivity contribution is 6.30. The van der Waals surface area contributed by atoms with Gasteiger partial charge in [-0.1, -0.05) is 11.6 Å².